The number of hydrogen-bond donors (Lipinski definition) is 2. The predicted octanol–water partition coefficient (Wildman–Crippen LogP) is 2.82. The molecule has 0 saturated heterocycles. The Labute approximate surface area is 121 Å². The minimum atomic E-state index is -0.233. The molecule has 0 bridgehead atoms. The van der Waals surface area contributed by atoms with Crippen molar-refractivity contribution in [2.24, 2.45) is 4.99 Å². The zero-order valence-electron chi connectivity index (χ0n) is 10.5. The van der Waals surface area contributed by atoms with E-state index in [9.17, 15) is 4.79 Å². The lowest BCUT2D eigenvalue weighted by Gasteiger charge is -2.04. The standard InChI is InChI=1S/C15H11N3OS/c19-14-13(11-8-4-5-9-12(11)17-14)18-15(20)16-10-6-2-1-3-7-10/h1-9H,(H2,16,17,18,19,20). The van der Waals surface area contributed by atoms with Crippen molar-refractivity contribution in [2.75, 3.05) is 10.6 Å². The minimum Gasteiger partial charge on any atom is -0.331 e. The van der Waals surface area contributed by atoms with Gasteiger partial charge in [0, 0.05) is 11.3 Å². The van der Waals surface area contributed by atoms with Crippen LogP contribution in [0.1, 0.15) is 5.56 Å². The summed E-state index contributed by atoms with van der Waals surface area (Å²) in [5.41, 5.74) is 2.72. The largest absolute Gasteiger partial charge is 0.331 e. The van der Waals surface area contributed by atoms with E-state index in [2.05, 4.69) is 15.6 Å². The topological polar surface area (TPSA) is 53.5 Å². The first-order valence-electron chi connectivity index (χ1n) is 6.09. The molecule has 3 rings (SSSR count). The first kappa shape index (κ1) is 12.5. The normalized spacial score (nSPS) is 14.8. The van der Waals surface area contributed by atoms with Gasteiger partial charge in [-0.25, -0.2) is 4.99 Å². The second-order valence-electron chi connectivity index (χ2n) is 4.26. The number of aliphatic imine (C=N–C) groups is 1. The highest BCUT2D eigenvalue weighted by molar-refractivity contribution is 7.80. The molecule has 1 heterocycles. The molecule has 2 aromatic rings. The van der Waals surface area contributed by atoms with Crippen LogP contribution in [-0.4, -0.2) is 16.7 Å². The van der Waals surface area contributed by atoms with E-state index in [1.807, 2.05) is 54.6 Å². The van der Waals surface area contributed by atoms with Gasteiger partial charge in [-0.2, -0.15) is 0 Å². The maximum absolute atomic E-state index is 11.9. The summed E-state index contributed by atoms with van der Waals surface area (Å²) >= 11 is 5.18. The molecule has 0 aliphatic carbocycles. The van der Waals surface area contributed by atoms with Gasteiger partial charge in [-0.05, 0) is 30.4 Å². The lowest BCUT2D eigenvalue weighted by atomic mass is 10.1. The first-order valence-corrected chi connectivity index (χ1v) is 6.50. The van der Waals surface area contributed by atoms with E-state index < -0.39 is 0 Å². The number of nitrogens with zero attached hydrogens (tertiary/aromatic N) is 1. The van der Waals surface area contributed by atoms with Gasteiger partial charge in [0.05, 0.1) is 5.69 Å². The van der Waals surface area contributed by atoms with Crippen LogP contribution in [-0.2, 0) is 4.79 Å². The Morgan fingerprint density at radius 2 is 1.75 bits per heavy atom. The number of para-hydroxylation sites is 2. The molecule has 1 amide bonds. The first-order chi connectivity index (χ1) is 9.74. The number of hydrogen-bond acceptors (Lipinski definition) is 2. The fourth-order valence-electron chi connectivity index (χ4n) is 1.99. The summed E-state index contributed by atoms with van der Waals surface area (Å²) in [7, 11) is 0. The van der Waals surface area contributed by atoms with E-state index in [0.717, 1.165) is 16.9 Å². The summed E-state index contributed by atoms with van der Waals surface area (Å²) in [4.78, 5) is 16.1. The average Bonchev–Trinajstić information content (AvgIpc) is 2.76. The van der Waals surface area contributed by atoms with Crippen LogP contribution in [0.25, 0.3) is 0 Å². The fourth-order valence-corrected chi connectivity index (χ4v) is 2.20. The third kappa shape index (κ3) is 2.44. The van der Waals surface area contributed by atoms with E-state index >= 15 is 0 Å². The van der Waals surface area contributed by atoms with Gasteiger partial charge < -0.3 is 10.6 Å². The smallest absolute Gasteiger partial charge is 0.275 e. The number of nitrogens with one attached hydrogen (secondary N) is 2. The quantitative estimate of drug-likeness (QED) is 0.790. The third-order valence-electron chi connectivity index (χ3n) is 2.88. The molecule has 0 aromatic heterocycles. The average molecular weight is 281 g/mol. The molecular formula is C15H11N3OS. The lowest BCUT2D eigenvalue weighted by molar-refractivity contribution is -0.110. The van der Waals surface area contributed by atoms with Crippen LogP contribution in [0.5, 0.6) is 0 Å². The Balaban J connectivity index is 1.85. The van der Waals surface area contributed by atoms with Gasteiger partial charge in [-0.15, -0.1) is 0 Å². The molecule has 1 aliphatic heterocycles. The molecule has 0 spiro atoms. The maximum Gasteiger partial charge on any atom is 0.275 e. The number of carbonyl (C=O) groups is 1. The maximum atomic E-state index is 11.9. The van der Waals surface area contributed by atoms with Crippen LogP contribution in [0.3, 0.4) is 0 Å². The van der Waals surface area contributed by atoms with E-state index in [4.69, 9.17) is 12.2 Å². The van der Waals surface area contributed by atoms with E-state index in [-0.39, 0.29) is 11.0 Å². The van der Waals surface area contributed by atoms with Gasteiger partial charge in [-0.3, -0.25) is 4.79 Å². The zero-order chi connectivity index (χ0) is 13.9. The molecule has 1 aliphatic rings. The summed E-state index contributed by atoms with van der Waals surface area (Å²) < 4.78 is 0. The van der Waals surface area contributed by atoms with Crippen molar-refractivity contribution < 1.29 is 4.79 Å². The van der Waals surface area contributed by atoms with Crippen molar-refractivity contribution in [2.45, 2.75) is 0 Å². The van der Waals surface area contributed by atoms with Crippen LogP contribution in [0.4, 0.5) is 11.4 Å². The van der Waals surface area contributed by atoms with Crippen molar-refractivity contribution in [3.63, 3.8) is 0 Å². The monoisotopic (exact) mass is 281 g/mol. The summed E-state index contributed by atoms with van der Waals surface area (Å²) in [6, 6.07) is 16.9. The molecule has 0 unspecified atom stereocenters. The molecule has 2 aromatic carbocycles. The molecule has 98 valence electrons. The van der Waals surface area contributed by atoms with Crippen molar-refractivity contribution in [3.05, 3.63) is 60.2 Å². The number of carbonyl (C=O) groups excluding carboxylic acids is 1. The van der Waals surface area contributed by atoms with Crippen LogP contribution in [0.15, 0.2) is 59.6 Å². The van der Waals surface area contributed by atoms with E-state index in [0.29, 0.717) is 5.71 Å². The molecule has 4 nitrogen and oxygen atoms in total. The van der Waals surface area contributed by atoms with Gasteiger partial charge in [0.25, 0.3) is 5.91 Å². The van der Waals surface area contributed by atoms with Gasteiger partial charge in [0.1, 0.15) is 5.71 Å². The van der Waals surface area contributed by atoms with Crippen molar-refractivity contribution in [1.29, 1.82) is 0 Å². The second kappa shape index (κ2) is 5.22. The number of rotatable bonds is 1. The molecule has 5 heteroatoms. The highest BCUT2D eigenvalue weighted by atomic mass is 32.1. The Morgan fingerprint density at radius 1 is 1.05 bits per heavy atom. The number of fused-ring (bicyclic) bond motifs is 1. The summed E-state index contributed by atoms with van der Waals surface area (Å²) in [5.74, 6) is -0.233. The highest BCUT2D eigenvalue weighted by Gasteiger charge is 2.25. The van der Waals surface area contributed by atoms with E-state index in [1.54, 1.807) is 0 Å². The van der Waals surface area contributed by atoms with Crippen LogP contribution in [0, 0.1) is 0 Å². The van der Waals surface area contributed by atoms with Crippen molar-refractivity contribution in [3.8, 4) is 0 Å². The van der Waals surface area contributed by atoms with Crippen LogP contribution in [0.2, 0.25) is 0 Å². The second-order valence-corrected chi connectivity index (χ2v) is 4.64. The highest BCUT2D eigenvalue weighted by Crippen LogP contribution is 2.22. The molecule has 2 N–H and O–H groups in total. The van der Waals surface area contributed by atoms with Crippen molar-refractivity contribution >= 4 is 40.3 Å². The fraction of sp³-hybridized carbons (Fsp3) is 0. The molecular weight excluding hydrogens is 270 g/mol. The van der Waals surface area contributed by atoms with Gasteiger partial charge in [0.15, 0.2) is 5.11 Å². The number of amides is 1. The predicted molar refractivity (Wildman–Crippen MR) is 84.3 cm³/mol. The third-order valence-corrected chi connectivity index (χ3v) is 3.08. The molecule has 0 radical (unpaired) electrons. The van der Waals surface area contributed by atoms with Gasteiger partial charge in [-0.1, -0.05) is 36.4 Å². The Bertz CT molecular complexity index is 710. The molecule has 0 saturated carbocycles. The molecule has 0 fully saturated rings. The number of anilines is 2. The lowest BCUT2D eigenvalue weighted by Crippen LogP contribution is -2.18. The van der Waals surface area contributed by atoms with Crippen LogP contribution < -0.4 is 10.6 Å². The van der Waals surface area contributed by atoms with Gasteiger partial charge in [0.2, 0.25) is 0 Å². The Hall–Kier alpha value is -2.53. The number of benzene rings is 2. The summed E-state index contributed by atoms with van der Waals surface area (Å²) in [5, 5.41) is 6.01. The van der Waals surface area contributed by atoms with E-state index in [1.165, 1.54) is 0 Å². The van der Waals surface area contributed by atoms with Gasteiger partial charge >= 0.3 is 0 Å². The number of thiocarbonyl (C=S) groups is 1. The van der Waals surface area contributed by atoms with Crippen LogP contribution >= 0.6 is 12.2 Å². The Kier molecular flexibility index (Phi) is 3.26. The Morgan fingerprint density at radius 3 is 2.55 bits per heavy atom. The summed E-state index contributed by atoms with van der Waals surface area (Å²) in [6.45, 7) is 0. The summed E-state index contributed by atoms with van der Waals surface area (Å²) in [6.07, 6.45) is 0. The minimum absolute atomic E-state index is 0.233. The molecule has 20 heavy (non-hydrogen) atoms. The zero-order valence-corrected chi connectivity index (χ0v) is 11.3. The molecule has 0 atom stereocenters. The van der Waals surface area contributed by atoms with Crippen molar-refractivity contribution in [1.82, 2.24) is 0 Å². The SMILES string of the molecule is O=C1Nc2ccccc2/C1=N/C(=S)Nc1ccccc1.